The van der Waals surface area contributed by atoms with Crippen LogP contribution in [0.3, 0.4) is 0 Å². The molecule has 0 aromatic rings. The van der Waals surface area contributed by atoms with Crippen molar-refractivity contribution >= 4 is 0 Å². The van der Waals surface area contributed by atoms with E-state index in [1.807, 2.05) is 0 Å². The predicted octanol–water partition coefficient (Wildman–Crippen LogP) is 3.03. The van der Waals surface area contributed by atoms with E-state index in [9.17, 15) is 0 Å². The van der Waals surface area contributed by atoms with Gasteiger partial charge in [-0.3, -0.25) is 0 Å². The lowest BCUT2D eigenvalue weighted by Crippen LogP contribution is -2.46. The Labute approximate surface area is 107 Å². The maximum atomic E-state index is 3.62. The molecule has 0 bridgehead atoms. The highest BCUT2D eigenvalue weighted by Crippen LogP contribution is 2.39. The molecule has 0 spiro atoms. The zero-order valence-corrected chi connectivity index (χ0v) is 11.8. The summed E-state index contributed by atoms with van der Waals surface area (Å²) in [5.41, 5.74) is 0.590. The molecule has 0 aromatic heterocycles. The van der Waals surface area contributed by atoms with Gasteiger partial charge in [0.2, 0.25) is 0 Å². The molecule has 0 aromatic carbocycles. The van der Waals surface area contributed by atoms with Gasteiger partial charge in [-0.25, -0.2) is 0 Å². The van der Waals surface area contributed by atoms with Crippen LogP contribution in [0.15, 0.2) is 0 Å². The van der Waals surface area contributed by atoms with Crippen LogP contribution >= 0.6 is 0 Å². The second-order valence-corrected chi connectivity index (χ2v) is 6.14. The Morgan fingerprint density at radius 3 is 2.35 bits per heavy atom. The fraction of sp³-hybridized carbons (Fsp3) is 1.00. The molecule has 2 aliphatic rings. The van der Waals surface area contributed by atoms with E-state index in [4.69, 9.17) is 0 Å². The zero-order valence-electron chi connectivity index (χ0n) is 11.8. The summed E-state index contributed by atoms with van der Waals surface area (Å²) in [4.78, 5) is 2.75. The first kappa shape index (κ1) is 13.4. The van der Waals surface area contributed by atoms with E-state index >= 15 is 0 Å². The molecule has 17 heavy (non-hydrogen) atoms. The third-order valence-electron chi connectivity index (χ3n) is 4.67. The van der Waals surface area contributed by atoms with Crippen molar-refractivity contribution in [2.24, 2.45) is 5.41 Å². The van der Waals surface area contributed by atoms with Crippen LogP contribution in [-0.2, 0) is 0 Å². The van der Waals surface area contributed by atoms with Gasteiger partial charge in [-0.15, -0.1) is 0 Å². The molecule has 0 heterocycles. The first-order chi connectivity index (χ1) is 8.29. The number of nitrogens with zero attached hydrogens (tertiary/aromatic N) is 1. The number of hydrogen-bond donors (Lipinski definition) is 1. The van der Waals surface area contributed by atoms with Crippen LogP contribution in [0.2, 0.25) is 0 Å². The second kappa shape index (κ2) is 6.19. The van der Waals surface area contributed by atoms with Crippen molar-refractivity contribution in [3.05, 3.63) is 0 Å². The van der Waals surface area contributed by atoms with Gasteiger partial charge in [0, 0.05) is 19.1 Å². The Kier molecular flexibility index (Phi) is 4.87. The molecule has 0 atom stereocenters. The standard InChI is InChI=1S/C15H30N2/c1-3-16-12-15(10-6-5-7-11-15)13-17(4-2)14-8-9-14/h14,16H,3-13H2,1-2H3. The van der Waals surface area contributed by atoms with Gasteiger partial charge in [0.1, 0.15) is 0 Å². The molecule has 2 saturated carbocycles. The molecule has 100 valence electrons. The molecule has 2 fully saturated rings. The molecular formula is C15H30N2. The largest absolute Gasteiger partial charge is 0.316 e. The van der Waals surface area contributed by atoms with Gasteiger partial charge in [0.25, 0.3) is 0 Å². The third kappa shape index (κ3) is 3.69. The minimum absolute atomic E-state index is 0.590. The van der Waals surface area contributed by atoms with Gasteiger partial charge in [-0.2, -0.15) is 0 Å². The van der Waals surface area contributed by atoms with E-state index in [1.54, 1.807) is 0 Å². The van der Waals surface area contributed by atoms with Gasteiger partial charge in [-0.1, -0.05) is 33.1 Å². The van der Waals surface area contributed by atoms with Crippen LogP contribution in [-0.4, -0.2) is 37.1 Å². The normalized spacial score (nSPS) is 24.2. The summed E-state index contributed by atoms with van der Waals surface area (Å²) in [6.07, 6.45) is 10.2. The highest BCUT2D eigenvalue weighted by Gasteiger charge is 2.37. The molecule has 1 N–H and O–H groups in total. The monoisotopic (exact) mass is 238 g/mol. The Morgan fingerprint density at radius 2 is 1.82 bits per heavy atom. The summed E-state index contributed by atoms with van der Waals surface area (Å²) in [6.45, 7) is 9.53. The highest BCUT2D eigenvalue weighted by atomic mass is 15.2. The van der Waals surface area contributed by atoms with E-state index in [0.717, 1.165) is 12.6 Å². The quantitative estimate of drug-likeness (QED) is 0.733. The van der Waals surface area contributed by atoms with Crippen LogP contribution < -0.4 is 5.32 Å². The van der Waals surface area contributed by atoms with Crippen molar-refractivity contribution in [3.63, 3.8) is 0 Å². The van der Waals surface area contributed by atoms with Crippen molar-refractivity contribution in [1.29, 1.82) is 0 Å². The molecule has 2 heteroatoms. The minimum atomic E-state index is 0.590. The van der Waals surface area contributed by atoms with Crippen molar-refractivity contribution in [3.8, 4) is 0 Å². The molecule has 2 nitrogen and oxygen atoms in total. The van der Waals surface area contributed by atoms with Crippen LogP contribution in [0.4, 0.5) is 0 Å². The molecule has 2 rings (SSSR count). The fourth-order valence-electron chi connectivity index (χ4n) is 3.45. The van der Waals surface area contributed by atoms with Gasteiger partial charge in [0.15, 0.2) is 0 Å². The Balaban J connectivity index is 1.92. The van der Waals surface area contributed by atoms with E-state index in [1.165, 1.54) is 64.6 Å². The molecular weight excluding hydrogens is 208 g/mol. The zero-order chi connectivity index (χ0) is 12.1. The second-order valence-electron chi connectivity index (χ2n) is 6.14. The maximum absolute atomic E-state index is 3.62. The van der Waals surface area contributed by atoms with E-state index in [-0.39, 0.29) is 0 Å². The molecule has 2 aliphatic carbocycles. The first-order valence-corrected chi connectivity index (χ1v) is 7.74. The molecule has 0 unspecified atom stereocenters. The van der Waals surface area contributed by atoms with Crippen molar-refractivity contribution in [2.45, 2.75) is 64.8 Å². The third-order valence-corrected chi connectivity index (χ3v) is 4.67. The van der Waals surface area contributed by atoms with Gasteiger partial charge < -0.3 is 10.2 Å². The highest BCUT2D eigenvalue weighted by molar-refractivity contribution is 4.92. The van der Waals surface area contributed by atoms with Crippen LogP contribution in [0.5, 0.6) is 0 Å². The average molecular weight is 238 g/mol. The lowest BCUT2D eigenvalue weighted by molar-refractivity contribution is 0.101. The Bertz CT molecular complexity index is 217. The van der Waals surface area contributed by atoms with E-state index < -0.39 is 0 Å². The molecule has 0 saturated heterocycles. The van der Waals surface area contributed by atoms with Crippen LogP contribution in [0, 0.1) is 5.41 Å². The molecule has 0 radical (unpaired) electrons. The lowest BCUT2D eigenvalue weighted by Gasteiger charge is -2.41. The maximum Gasteiger partial charge on any atom is 0.00965 e. The number of nitrogens with one attached hydrogen (secondary N) is 1. The van der Waals surface area contributed by atoms with Gasteiger partial charge >= 0.3 is 0 Å². The summed E-state index contributed by atoms with van der Waals surface area (Å²) < 4.78 is 0. The smallest absolute Gasteiger partial charge is 0.00965 e. The summed E-state index contributed by atoms with van der Waals surface area (Å²) >= 11 is 0. The first-order valence-electron chi connectivity index (χ1n) is 7.74. The van der Waals surface area contributed by atoms with Crippen molar-refractivity contribution in [1.82, 2.24) is 10.2 Å². The van der Waals surface area contributed by atoms with Crippen LogP contribution in [0.1, 0.15) is 58.8 Å². The van der Waals surface area contributed by atoms with Crippen LogP contribution in [0.25, 0.3) is 0 Å². The number of hydrogen-bond acceptors (Lipinski definition) is 2. The molecule has 0 aliphatic heterocycles. The lowest BCUT2D eigenvalue weighted by atomic mass is 9.73. The average Bonchev–Trinajstić information content (AvgIpc) is 3.19. The summed E-state index contributed by atoms with van der Waals surface area (Å²) in [5, 5.41) is 3.62. The summed E-state index contributed by atoms with van der Waals surface area (Å²) in [6, 6.07) is 0.931. The Hall–Kier alpha value is -0.0800. The number of rotatable bonds is 7. The van der Waals surface area contributed by atoms with E-state index in [2.05, 4.69) is 24.1 Å². The SMILES string of the molecule is CCNCC1(CN(CC)C2CC2)CCCCC1. The van der Waals surface area contributed by atoms with Crippen molar-refractivity contribution < 1.29 is 0 Å². The topological polar surface area (TPSA) is 15.3 Å². The van der Waals surface area contributed by atoms with E-state index in [0.29, 0.717) is 5.41 Å². The molecule has 0 amide bonds. The summed E-state index contributed by atoms with van der Waals surface area (Å²) in [5.74, 6) is 0. The summed E-state index contributed by atoms with van der Waals surface area (Å²) in [7, 11) is 0. The van der Waals surface area contributed by atoms with Gasteiger partial charge in [-0.05, 0) is 44.2 Å². The van der Waals surface area contributed by atoms with Crippen molar-refractivity contribution in [2.75, 3.05) is 26.2 Å². The predicted molar refractivity (Wildman–Crippen MR) is 74.3 cm³/mol. The van der Waals surface area contributed by atoms with Gasteiger partial charge in [0.05, 0.1) is 0 Å². The Morgan fingerprint density at radius 1 is 1.12 bits per heavy atom. The minimum Gasteiger partial charge on any atom is -0.316 e. The fourth-order valence-corrected chi connectivity index (χ4v) is 3.45.